The lowest BCUT2D eigenvalue weighted by molar-refractivity contribution is 0.174. The van der Waals surface area contributed by atoms with Crippen molar-refractivity contribution in [3.8, 4) is 44.9 Å². The first kappa shape index (κ1) is 50.7. The molecule has 3 heterocycles. The van der Waals surface area contributed by atoms with E-state index in [0.717, 1.165) is 90.5 Å². The lowest BCUT2D eigenvalue weighted by atomic mass is 9.33. The van der Waals surface area contributed by atoms with Gasteiger partial charge in [0.2, 0.25) is 6.79 Å². The van der Waals surface area contributed by atoms with Gasteiger partial charge in [0, 0.05) is 51.1 Å². The van der Waals surface area contributed by atoms with Crippen LogP contribution in [0.4, 0.5) is 51.2 Å². The first-order valence-corrected chi connectivity index (χ1v) is 28.3. The number of rotatable bonds is 8. The normalized spacial score (nSPS) is 13.4. The van der Waals surface area contributed by atoms with Gasteiger partial charge in [-0.3, -0.25) is 0 Å². The fourth-order valence-electron chi connectivity index (χ4n) is 12.3. The van der Waals surface area contributed by atoms with Gasteiger partial charge in [0.15, 0.2) is 11.5 Å². The molecule has 5 nitrogen and oxygen atoms in total. The van der Waals surface area contributed by atoms with Gasteiger partial charge in [-0.05, 0) is 175 Å². The maximum atomic E-state index is 6.62. The van der Waals surface area contributed by atoms with Crippen molar-refractivity contribution in [1.82, 2.24) is 0 Å². The Hall–Kier alpha value is -8.74. The van der Waals surface area contributed by atoms with Gasteiger partial charge in [0.05, 0.1) is 0 Å². The second kappa shape index (κ2) is 19.3. The molecule has 0 fully saturated rings. The van der Waals surface area contributed by atoms with Crippen LogP contribution in [0.5, 0.6) is 11.5 Å². The van der Waals surface area contributed by atoms with Crippen molar-refractivity contribution in [1.29, 1.82) is 0 Å². The van der Waals surface area contributed by atoms with E-state index < -0.39 is 0 Å². The van der Waals surface area contributed by atoms with Gasteiger partial charge in [-0.15, -0.1) is 0 Å². The van der Waals surface area contributed by atoms with Gasteiger partial charge < -0.3 is 24.2 Å². The summed E-state index contributed by atoms with van der Waals surface area (Å²) in [4.78, 5) is 7.47. The molecule has 0 radical (unpaired) electrons. The number of ether oxygens (including phenoxy) is 2. The van der Waals surface area contributed by atoms with Crippen LogP contribution in [0.2, 0.25) is 0 Å². The molecular formula is C74H68BN3O2. The molecule has 0 N–H and O–H groups in total. The third-order valence-electron chi connectivity index (χ3n) is 16.5. The lowest BCUT2D eigenvalue weighted by Gasteiger charge is -2.45. The zero-order valence-corrected chi connectivity index (χ0v) is 47.7. The monoisotopic (exact) mass is 1040 g/mol. The van der Waals surface area contributed by atoms with Crippen molar-refractivity contribution in [2.24, 2.45) is 0 Å². The lowest BCUT2D eigenvalue weighted by Crippen LogP contribution is -2.61. The number of anilines is 9. The summed E-state index contributed by atoms with van der Waals surface area (Å²) in [6, 6.07) is 81.5. The molecule has 0 saturated heterocycles. The molecule has 0 unspecified atom stereocenters. The van der Waals surface area contributed by atoms with Crippen LogP contribution in [0.15, 0.2) is 218 Å². The molecule has 0 saturated carbocycles. The van der Waals surface area contributed by atoms with Crippen molar-refractivity contribution in [3.05, 3.63) is 241 Å². The summed E-state index contributed by atoms with van der Waals surface area (Å²) in [5.41, 5.74) is 25.3. The van der Waals surface area contributed by atoms with E-state index in [2.05, 4.69) is 302 Å². The van der Waals surface area contributed by atoms with Crippen molar-refractivity contribution >= 4 is 74.3 Å². The van der Waals surface area contributed by atoms with Gasteiger partial charge in [0.1, 0.15) is 5.69 Å². The van der Waals surface area contributed by atoms with Gasteiger partial charge in [0.25, 0.3) is 6.71 Å². The zero-order chi connectivity index (χ0) is 55.2. The average molecular weight is 1040 g/mol. The topological polar surface area (TPSA) is 28.2 Å². The highest BCUT2D eigenvalue weighted by atomic mass is 16.7. The maximum absolute atomic E-state index is 6.62. The first-order chi connectivity index (χ1) is 38.5. The molecule has 0 aliphatic carbocycles. The summed E-state index contributed by atoms with van der Waals surface area (Å²) < 4.78 is 12.9. The third-order valence-corrected chi connectivity index (χ3v) is 16.5. The molecule has 0 atom stereocenters. The Bertz CT molecular complexity index is 3870. The van der Waals surface area contributed by atoms with E-state index in [-0.39, 0.29) is 29.8 Å². The van der Waals surface area contributed by atoms with Crippen LogP contribution in [0.1, 0.15) is 84.6 Å². The van der Waals surface area contributed by atoms with Crippen molar-refractivity contribution in [2.45, 2.75) is 85.5 Å². The molecule has 80 heavy (non-hydrogen) atoms. The average Bonchev–Trinajstić information content (AvgIpc) is 3.73. The predicted molar refractivity (Wildman–Crippen MR) is 338 cm³/mol. The minimum atomic E-state index is -0.136. The number of aryl methyl sites for hydroxylation is 1. The second-order valence-corrected chi connectivity index (χ2v) is 25.1. The van der Waals surface area contributed by atoms with E-state index in [1.807, 2.05) is 0 Å². The van der Waals surface area contributed by atoms with Crippen LogP contribution in [0, 0.1) is 6.92 Å². The molecular weight excluding hydrogens is 974 g/mol. The summed E-state index contributed by atoms with van der Waals surface area (Å²) in [7, 11) is 0. The molecule has 0 bridgehead atoms. The van der Waals surface area contributed by atoms with Gasteiger partial charge in [-0.25, -0.2) is 0 Å². The Kier molecular flexibility index (Phi) is 12.2. The minimum Gasteiger partial charge on any atom is -0.454 e. The van der Waals surface area contributed by atoms with Crippen LogP contribution < -0.4 is 40.6 Å². The quantitative estimate of drug-likeness (QED) is 0.141. The highest BCUT2D eigenvalue weighted by Crippen LogP contribution is 2.55. The van der Waals surface area contributed by atoms with E-state index in [1.165, 1.54) is 44.2 Å². The van der Waals surface area contributed by atoms with Crippen LogP contribution in [0.3, 0.4) is 0 Å². The third kappa shape index (κ3) is 8.92. The molecule has 0 spiro atoms. The minimum absolute atomic E-state index is 0.0186. The number of fused-ring (bicyclic) bond motifs is 5. The Balaban J connectivity index is 1.13. The molecule has 394 valence electrons. The van der Waals surface area contributed by atoms with Gasteiger partial charge in [-0.1, -0.05) is 196 Å². The van der Waals surface area contributed by atoms with Crippen molar-refractivity contribution in [3.63, 3.8) is 0 Å². The molecule has 3 aliphatic rings. The Morgan fingerprint density at radius 3 is 1.50 bits per heavy atom. The molecule has 13 rings (SSSR count). The van der Waals surface area contributed by atoms with E-state index in [9.17, 15) is 0 Å². The number of hydrogen-bond acceptors (Lipinski definition) is 5. The van der Waals surface area contributed by atoms with E-state index in [4.69, 9.17) is 9.47 Å². The maximum Gasteiger partial charge on any atom is 0.252 e. The summed E-state index contributed by atoms with van der Waals surface area (Å²) in [5, 5.41) is 0. The second-order valence-electron chi connectivity index (χ2n) is 25.1. The van der Waals surface area contributed by atoms with Crippen molar-refractivity contribution in [2.75, 3.05) is 21.5 Å². The van der Waals surface area contributed by atoms with E-state index in [0.29, 0.717) is 0 Å². The zero-order valence-electron chi connectivity index (χ0n) is 47.7. The summed E-state index contributed by atoms with van der Waals surface area (Å²) in [5.74, 6) is 1.49. The van der Waals surface area contributed by atoms with Crippen LogP contribution >= 0.6 is 0 Å². The summed E-state index contributed by atoms with van der Waals surface area (Å²) >= 11 is 0. The molecule has 0 aromatic heterocycles. The van der Waals surface area contributed by atoms with Crippen LogP contribution in [-0.2, 0) is 16.2 Å². The van der Waals surface area contributed by atoms with Crippen LogP contribution in [0.25, 0.3) is 33.4 Å². The molecule has 3 aliphatic heterocycles. The predicted octanol–water partition coefficient (Wildman–Crippen LogP) is 18.2. The Morgan fingerprint density at radius 1 is 0.400 bits per heavy atom. The molecule has 10 aromatic carbocycles. The highest BCUT2D eigenvalue weighted by molar-refractivity contribution is 7.00. The Morgan fingerprint density at radius 2 is 0.938 bits per heavy atom. The number of para-hydroxylation sites is 2. The standard InChI is InChI=1S/C74H68BN3O2/c1-48-40-66-69-67(41-48)78(70-61(51-20-14-11-15-21-51)36-39-68-71(70)80-47-79-68)64-38-34-56(74(8,9)10)45-63(64)75(69)62-37-35-59(76(57-22-16-12-17-23-57)58-24-18-13-19-25-58)46-65(62)77(66)60-43-52(49-26-30-54(31-27-49)72(2,3)4)42-53(44-60)50-28-32-55(33-29-50)73(5,6)7/h11-46H,47H2,1-10H3. The largest absolute Gasteiger partial charge is 0.454 e. The van der Waals surface area contributed by atoms with E-state index in [1.54, 1.807) is 0 Å². The van der Waals surface area contributed by atoms with Crippen molar-refractivity contribution < 1.29 is 9.47 Å². The van der Waals surface area contributed by atoms with E-state index >= 15 is 0 Å². The van der Waals surface area contributed by atoms with Gasteiger partial charge in [-0.2, -0.15) is 0 Å². The Labute approximate surface area is 473 Å². The number of nitrogens with zero attached hydrogens (tertiary/aromatic N) is 3. The number of benzene rings is 10. The molecule has 10 aromatic rings. The van der Waals surface area contributed by atoms with Crippen LogP contribution in [-0.4, -0.2) is 13.5 Å². The first-order valence-electron chi connectivity index (χ1n) is 28.3. The fraction of sp³-hybridized carbons (Fsp3) is 0.189. The fourth-order valence-corrected chi connectivity index (χ4v) is 12.3. The summed E-state index contributed by atoms with van der Waals surface area (Å²) in [6.07, 6.45) is 0. The molecule has 0 amide bonds. The number of hydrogen-bond donors (Lipinski definition) is 0. The van der Waals surface area contributed by atoms with Gasteiger partial charge >= 0.3 is 0 Å². The smallest absolute Gasteiger partial charge is 0.252 e. The SMILES string of the molecule is Cc1cc2c3c(c1)N(c1c(-c4ccccc4)ccc4c1OCO4)c1ccc(C(C)(C)C)cc1B3c1ccc(N(c3ccccc3)c3ccccc3)cc1N2c1cc(-c2ccc(C(C)(C)C)cc2)cc(-c2ccc(C(C)(C)C)cc2)c1. The molecule has 6 heteroatoms. The highest BCUT2D eigenvalue weighted by Gasteiger charge is 2.46. The summed E-state index contributed by atoms with van der Waals surface area (Å²) in [6.45, 7) is 23.0.